The first-order chi connectivity index (χ1) is 12.3. The van der Waals surface area contributed by atoms with Crippen LogP contribution >= 0.6 is 0 Å². The van der Waals surface area contributed by atoms with Crippen LogP contribution in [0.4, 0.5) is 0 Å². The van der Waals surface area contributed by atoms with E-state index in [4.69, 9.17) is 4.74 Å². The van der Waals surface area contributed by atoms with E-state index in [0.29, 0.717) is 18.6 Å². The first-order valence-electron chi connectivity index (χ1n) is 8.42. The molecule has 1 fully saturated rings. The number of esters is 1. The van der Waals surface area contributed by atoms with Crippen molar-refractivity contribution < 1.29 is 22.7 Å². The molecule has 1 amide bonds. The van der Waals surface area contributed by atoms with E-state index in [1.54, 1.807) is 23.6 Å². The maximum atomic E-state index is 12.4. The maximum absolute atomic E-state index is 12.4. The molecule has 1 aliphatic heterocycles. The van der Waals surface area contributed by atoms with Gasteiger partial charge in [0.2, 0.25) is 0 Å². The molecule has 0 radical (unpaired) electrons. The molecule has 2 aromatic heterocycles. The highest BCUT2D eigenvalue weighted by molar-refractivity contribution is 7.91. The van der Waals surface area contributed by atoms with Crippen molar-refractivity contribution in [2.24, 2.45) is 0 Å². The molecule has 9 heteroatoms. The molecule has 0 unspecified atom stereocenters. The number of hydrogen-bond acceptors (Lipinski definition) is 6. The molecule has 0 spiro atoms. The summed E-state index contributed by atoms with van der Waals surface area (Å²) in [5, 5.41) is 0. The first kappa shape index (κ1) is 18.4. The molecule has 8 nitrogen and oxygen atoms in total. The molecular weight excluding hydrogens is 358 g/mol. The summed E-state index contributed by atoms with van der Waals surface area (Å²) in [6, 6.07) is 5.15. The van der Waals surface area contributed by atoms with E-state index in [2.05, 4.69) is 4.98 Å². The number of imidazole rings is 1. The fourth-order valence-electron chi connectivity index (χ4n) is 3.19. The smallest absolute Gasteiger partial charge is 0.359 e. The Bertz CT molecular complexity index is 950. The Labute approximate surface area is 151 Å². The molecule has 140 valence electrons. The van der Waals surface area contributed by atoms with Gasteiger partial charge in [-0.05, 0) is 32.4 Å². The minimum absolute atomic E-state index is 0.0355. The van der Waals surface area contributed by atoms with Crippen molar-refractivity contribution in [3.63, 3.8) is 0 Å². The van der Waals surface area contributed by atoms with Crippen LogP contribution in [0.3, 0.4) is 0 Å². The largest absolute Gasteiger partial charge is 0.451 e. The van der Waals surface area contributed by atoms with Gasteiger partial charge in [0.1, 0.15) is 5.65 Å². The Morgan fingerprint density at radius 1 is 1.38 bits per heavy atom. The first-order valence-corrected chi connectivity index (χ1v) is 10.2. The van der Waals surface area contributed by atoms with Crippen LogP contribution in [0.2, 0.25) is 0 Å². The van der Waals surface area contributed by atoms with Gasteiger partial charge in [0, 0.05) is 24.5 Å². The van der Waals surface area contributed by atoms with Crippen molar-refractivity contribution in [1.29, 1.82) is 0 Å². The third-order valence-corrected chi connectivity index (χ3v) is 6.29. The van der Waals surface area contributed by atoms with Crippen molar-refractivity contribution in [3.05, 3.63) is 35.8 Å². The average Bonchev–Trinajstić information content (AvgIpc) is 3.18. The summed E-state index contributed by atoms with van der Waals surface area (Å²) in [5.41, 5.74) is 1.66. The molecule has 1 atom stereocenters. The zero-order valence-electron chi connectivity index (χ0n) is 14.7. The predicted octanol–water partition coefficient (Wildman–Crippen LogP) is 0.835. The Morgan fingerprint density at radius 3 is 2.77 bits per heavy atom. The molecule has 0 bridgehead atoms. The Kier molecular flexibility index (Phi) is 4.99. The molecule has 0 N–H and O–H groups in total. The lowest BCUT2D eigenvalue weighted by molar-refractivity contribution is -0.136. The Hall–Kier alpha value is -2.42. The van der Waals surface area contributed by atoms with Crippen molar-refractivity contribution in [3.8, 4) is 0 Å². The van der Waals surface area contributed by atoms with Gasteiger partial charge < -0.3 is 14.0 Å². The summed E-state index contributed by atoms with van der Waals surface area (Å²) < 4.78 is 30.1. The summed E-state index contributed by atoms with van der Waals surface area (Å²) in [5.74, 6) is -1.03. The molecule has 3 heterocycles. The zero-order chi connectivity index (χ0) is 18.9. The molecule has 1 saturated heterocycles. The number of sulfone groups is 1. The number of hydrogen-bond donors (Lipinski definition) is 0. The minimum atomic E-state index is -3.09. The number of pyridine rings is 1. The minimum Gasteiger partial charge on any atom is -0.451 e. The fourth-order valence-corrected chi connectivity index (χ4v) is 4.92. The van der Waals surface area contributed by atoms with Gasteiger partial charge in [-0.25, -0.2) is 18.2 Å². The van der Waals surface area contributed by atoms with Gasteiger partial charge in [0.05, 0.1) is 11.5 Å². The van der Waals surface area contributed by atoms with E-state index >= 15 is 0 Å². The number of amides is 1. The highest BCUT2D eigenvalue weighted by atomic mass is 32.2. The molecule has 0 aromatic carbocycles. The van der Waals surface area contributed by atoms with Gasteiger partial charge in [0.25, 0.3) is 5.91 Å². The van der Waals surface area contributed by atoms with Gasteiger partial charge in [-0.3, -0.25) is 4.79 Å². The van der Waals surface area contributed by atoms with Gasteiger partial charge in [-0.15, -0.1) is 0 Å². The quantitative estimate of drug-likeness (QED) is 0.714. The summed E-state index contributed by atoms with van der Waals surface area (Å²) >= 11 is 0. The van der Waals surface area contributed by atoms with Crippen LogP contribution in [0.5, 0.6) is 0 Å². The molecular formula is C17H21N3O5S. The van der Waals surface area contributed by atoms with E-state index < -0.39 is 28.3 Å². The van der Waals surface area contributed by atoms with Gasteiger partial charge in [-0.1, -0.05) is 6.07 Å². The summed E-state index contributed by atoms with van der Waals surface area (Å²) in [6.45, 7) is 3.60. The monoisotopic (exact) mass is 379 g/mol. The second-order valence-electron chi connectivity index (χ2n) is 6.33. The highest BCUT2D eigenvalue weighted by Gasteiger charge is 2.34. The van der Waals surface area contributed by atoms with E-state index in [1.165, 1.54) is 4.90 Å². The predicted molar refractivity (Wildman–Crippen MR) is 94.7 cm³/mol. The number of likely N-dealkylation sites (N-methyl/N-ethyl adjacent to an activating group) is 1. The Balaban J connectivity index is 1.64. The summed E-state index contributed by atoms with van der Waals surface area (Å²) in [6.07, 6.45) is 1.99. The van der Waals surface area contributed by atoms with E-state index in [9.17, 15) is 18.0 Å². The zero-order valence-corrected chi connectivity index (χ0v) is 15.5. The van der Waals surface area contributed by atoms with Crippen LogP contribution in [0.25, 0.3) is 5.65 Å². The lowest BCUT2D eigenvalue weighted by atomic mass is 10.2. The maximum Gasteiger partial charge on any atom is 0.359 e. The standard InChI is InChI=1S/C17H21N3O5S/c1-3-19(13-7-8-26(23,24)11-13)16(21)10-25-17(22)14-9-20-12(2)5-4-6-15(20)18-14/h4-6,9,13H,3,7-8,10-11H2,1-2H3/t13-/m1/s1. The van der Waals surface area contributed by atoms with Gasteiger partial charge in [0.15, 0.2) is 22.1 Å². The topological polar surface area (TPSA) is 98.0 Å². The van der Waals surface area contributed by atoms with E-state index in [1.807, 2.05) is 19.1 Å². The molecule has 26 heavy (non-hydrogen) atoms. The number of carbonyl (C=O) groups is 2. The van der Waals surface area contributed by atoms with Crippen LogP contribution < -0.4 is 0 Å². The number of carbonyl (C=O) groups excluding carboxylic acids is 2. The number of rotatable bonds is 5. The summed E-state index contributed by atoms with van der Waals surface area (Å²) in [7, 11) is -3.09. The molecule has 2 aromatic rings. The number of aryl methyl sites for hydroxylation is 1. The van der Waals surface area contributed by atoms with Gasteiger partial charge in [-0.2, -0.15) is 0 Å². The van der Waals surface area contributed by atoms with Crippen LogP contribution in [-0.2, 0) is 19.4 Å². The van der Waals surface area contributed by atoms with Crippen LogP contribution in [0.1, 0.15) is 29.5 Å². The number of nitrogens with zero attached hydrogens (tertiary/aromatic N) is 3. The van der Waals surface area contributed by atoms with Crippen LogP contribution in [0, 0.1) is 6.92 Å². The highest BCUT2D eigenvalue weighted by Crippen LogP contribution is 2.18. The van der Waals surface area contributed by atoms with Crippen LogP contribution in [0.15, 0.2) is 24.4 Å². The number of ether oxygens (including phenoxy) is 1. The normalized spacial score (nSPS) is 18.8. The van der Waals surface area contributed by atoms with Crippen molar-refractivity contribution >= 4 is 27.4 Å². The van der Waals surface area contributed by atoms with E-state index in [-0.39, 0.29) is 23.2 Å². The van der Waals surface area contributed by atoms with E-state index in [0.717, 1.165) is 5.69 Å². The lowest BCUT2D eigenvalue weighted by Crippen LogP contribution is -2.43. The lowest BCUT2D eigenvalue weighted by Gasteiger charge is -2.26. The second-order valence-corrected chi connectivity index (χ2v) is 8.56. The second kappa shape index (κ2) is 7.06. The van der Waals surface area contributed by atoms with Crippen LogP contribution in [-0.4, -0.2) is 65.3 Å². The number of aromatic nitrogens is 2. The summed E-state index contributed by atoms with van der Waals surface area (Å²) in [4.78, 5) is 30.2. The van der Waals surface area contributed by atoms with Crippen molar-refractivity contribution in [2.75, 3.05) is 24.7 Å². The van der Waals surface area contributed by atoms with Gasteiger partial charge >= 0.3 is 5.97 Å². The third-order valence-electron chi connectivity index (χ3n) is 4.54. The van der Waals surface area contributed by atoms with Crippen molar-refractivity contribution in [1.82, 2.24) is 14.3 Å². The Morgan fingerprint density at radius 2 is 2.15 bits per heavy atom. The fraction of sp³-hybridized carbons (Fsp3) is 0.471. The molecule has 0 aliphatic carbocycles. The molecule has 1 aliphatic rings. The third kappa shape index (κ3) is 3.72. The molecule has 0 saturated carbocycles. The SMILES string of the molecule is CCN(C(=O)COC(=O)c1cn2c(C)cccc2n1)[C@@H]1CCS(=O)(=O)C1. The van der Waals surface area contributed by atoms with Crippen molar-refractivity contribution in [2.45, 2.75) is 26.3 Å². The molecule has 3 rings (SSSR count). The number of fused-ring (bicyclic) bond motifs is 1. The average molecular weight is 379 g/mol.